The molecule has 2 aromatic rings. The molecule has 0 unspecified atom stereocenters. The molecule has 1 aromatic carbocycles. The lowest BCUT2D eigenvalue weighted by Gasteiger charge is -2.30. The predicted molar refractivity (Wildman–Crippen MR) is 85.9 cm³/mol. The molecule has 1 aliphatic rings. The van der Waals surface area contributed by atoms with Gasteiger partial charge in [0.2, 0.25) is 5.89 Å². The largest absolute Gasteiger partial charge is 0.444 e. The van der Waals surface area contributed by atoms with Gasteiger partial charge in [-0.1, -0.05) is 11.6 Å². The van der Waals surface area contributed by atoms with Crippen LogP contribution >= 0.6 is 11.6 Å². The quantitative estimate of drug-likeness (QED) is 0.916. The number of ether oxygens (including phenoxy) is 1. The third-order valence-electron chi connectivity index (χ3n) is 3.66. The molecule has 0 amide bonds. The van der Waals surface area contributed by atoms with Crippen molar-refractivity contribution in [3.63, 3.8) is 0 Å². The number of oxazole rings is 1. The molecular weight excluding hydrogens is 302 g/mol. The van der Waals surface area contributed by atoms with E-state index in [0.29, 0.717) is 17.5 Å². The third kappa shape index (κ3) is 4.08. The van der Waals surface area contributed by atoms with E-state index in [1.807, 2.05) is 24.3 Å². The molecule has 0 bridgehead atoms. The smallest absolute Gasteiger partial charge is 0.226 e. The summed E-state index contributed by atoms with van der Waals surface area (Å²) in [5, 5.41) is 4.07. The second-order valence-corrected chi connectivity index (χ2v) is 5.97. The number of hydrogen-bond acceptors (Lipinski definition) is 5. The van der Waals surface area contributed by atoms with Crippen molar-refractivity contribution < 1.29 is 9.15 Å². The van der Waals surface area contributed by atoms with E-state index < -0.39 is 0 Å². The van der Waals surface area contributed by atoms with Crippen LogP contribution in [0.4, 0.5) is 0 Å². The van der Waals surface area contributed by atoms with Crippen LogP contribution in [0.1, 0.15) is 5.69 Å². The average Bonchev–Trinajstić information content (AvgIpc) is 2.97. The van der Waals surface area contributed by atoms with Gasteiger partial charge in [-0.2, -0.15) is 0 Å². The van der Waals surface area contributed by atoms with Gasteiger partial charge in [0, 0.05) is 36.8 Å². The van der Waals surface area contributed by atoms with E-state index in [2.05, 4.69) is 22.2 Å². The van der Waals surface area contributed by atoms with Gasteiger partial charge < -0.3 is 19.4 Å². The number of nitrogens with one attached hydrogen (secondary N) is 1. The molecule has 6 heteroatoms. The third-order valence-corrected chi connectivity index (χ3v) is 3.91. The predicted octanol–water partition coefficient (Wildman–Crippen LogP) is 2.42. The summed E-state index contributed by atoms with van der Waals surface area (Å²) in [6.07, 6.45) is 1.92. The zero-order valence-corrected chi connectivity index (χ0v) is 13.3. The topological polar surface area (TPSA) is 50.5 Å². The molecule has 0 aliphatic carbocycles. The van der Waals surface area contributed by atoms with Gasteiger partial charge in [0.1, 0.15) is 6.26 Å². The second kappa shape index (κ2) is 7.24. The first-order valence-electron chi connectivity index (χ1n) is 7.42. The lowest BCUT2D eigenvalue weighted by atomic mass is 10.2. The summed E-state index contributed by atoms with van der Waals surface area (Å²) in [4.78, 5) is 6.77. The Morgan fingerprint density at radius 3 is 2.95 bits per heavy atom. The van der Waals surface area contributed by atoms with Crippen LogP contribution in [-0.4, -0.2) is 49.3 Å². The summed E-state index contributed by atoms with van der Waals surface area (Å²) >= 11 is 5.88. The Morgan fingerprint density at radius 2 is 2.18 bits per heavy atom. The maximum atomic E-state index is 5.88. The van der Waals surface area contributed by atoms with Crippen LogP contribution in [0.2, 0.25) is 5.02 Å². The fourth-order valence-electron chi connectivity index (χ4n) is 2.46. The molecule has 1 N–H and O–H groups in total. The number of morpholine rings is 1. The van der Waals surface area contributed by atoms with Gasteiger partial charge in [-0.3, -0.25) is 0 Å². The Morgan fingerprint density at radius 1 is 1.36 bits per heavy atom. The molecule has 1 fully saturated rings. The summed E-state index contributed by atoms with van der Waals surface area (Å²) in [6, 6.07) is 7.46. The van der Waals surface area contributed by atoms with Gasteiger partial charge >= 0.3 is 0 Å². The van der Waals surface area contributed by atoms with Gasteiger partial charge in [-0.05, 0) is 31.3 Å². The molecule has 1 aliphatic heterocycles. The van der Waals surface area contributed by atoms with Gasteiger partial charge in [0.15, 0.2) is 0 Å². The molecular formula is C16H20ClN3O2. The van der Waals surface area contributed by atoms with Crippen LogP contribution < -0.4 is 5.32 Å². The fourth-order valence-corrected chi connectivity index (χ4v) is 2.59. The molecule has 1 atom stereocenters. The van der Waals surface area contributed by atoms with Crippen LogP contribution in [0.25, 0.3) is 11.5 Å². The maximum Gasteiger partial charge on any atom is 0.226 e. The molecule has 118 valence electrons. The zero-order valence-electron chi connectivity index (χ0n) is 12.6. The van der Waals surface area contributed by atoms with Gasteiger partial charge in [0.25, 0.3) is 0 Å². The number of rotatable bonds is 5. The monoisotopic (exact) mass is 321 g/mol. The summed E-state index contributed by atoms with van der Waals surface area (Å²) in [5.41, 5.74) is 1.81. The number of nitrogens with zero attached hydrogens (tertiary/aromatic N) is 2. The highest BCUT2D eigenvalue weighted by molar-refractivity contribution is 6.30. The Bertz CT molecular complexity index is 600. The molecule has 0 spiro atoms. The molecule has 0 saturated carbocycles. The number of likely N-dealkylation sites (N-methyl/N-ethyl adjacent to an activating group) is 1. The van der Waals surface area contributed by atoms with E-state index in [-0.39, 0.29) is 6.10 Å². The Balaban J connectivity index is 1.50. The molecule has 0 radical (unpaired) electrons. The number of halogens is 1. The van der Waals surface area contributed by atoms with Crippen molar-refractivity contribution in [2.45, 2.75) is 12.6 Å². The molecule has 1 saturated heterocycles. The zero-order chi connectivity index (χ0) is 15.4. The van der Waals surface area contributed by atoms with Gasteiger partial charge in [0.05, 0.1) is 18.4 Å². The molecule has 22 heavy (non-hydrogen) atoms. The molecule has 3 rings (SSSR count). The number of benzene rings is 1. The summed E-state index contributed by atoms with van der Waals surface area (Å²) in [7, 11) is 2.12. The molecule has 1 aromatic heterocycles. The normalized spacial score (nSPS) is 19.5. The van der Waals surface area contributed by atoms with E-state index in [1.165, 1.54) is 0 Å². The Kier molecular flexibility index (Phi) is 5.10. The number of hydrogen-bond donors (Lipinski definition) is 1. The van der Waals surface area contributed by atoms with E-state index in [0.717, 1.165) is 37.5 Å². The summed E-state index contributed by atoms with van der Waals surface area (Å²) < 4.78 is 11.2. The average molecular weight is 322 g/mol. The first kappa shape index (κ1) is 15.5. The van der Waals surface area contributed by atoms with E-state index in [9.17, 15) is 0 Å². The Hall–Kier alpha value is -1.40. The first-order valence-corrected chi connectivity index (χ1v) is 7.80. The lowest BCUT2D eigenvalue weighted by molar-refractivity contribution is -0.0182. The van der Waals surface area contributed by atoms with E-state index in [1.54, 1.807) is 6.26 Å². The van der Waals surface area contributed by atoms with Gasteiger partial charge in [-0.25, -0.2) is 4.98 Å². The highest BCUT2D eigenvalue weighted by atomic mass is 35.5. The highest BCUT2D eigenvalue weighted by Crippen LogP contribution is 2.20. The van der Waals surface area contributed by atoms with Crippen molar-refractivity contribution in [2.75, 3.05) is 33.3 Å². The van der Waals surface area contributed by atoms with Crippen LogP contribution in [0.5, 0.6) is 0 Å². The van der Waals surface area contributed by atoms with Crippen molar-refractivity contribution in [3.8, 4) is 11.5 Å². The minimum atomic E-state index is 0.237. The minimum absolute atomic E-state index is 0.237. The molecule has 2 heterocycles. The standard InChI is InChI=1S/C16H20ClN3O2/c1-20-6-7-21-15(10-20)9-18-8-14-11-22-16(19-14)12-2-4-13(17)5-3-12/h2-5,11,15,18H,6-10H2,1H3/t15-/m0/s1. The van der Waals surface area contributed by atoms with E-state index >= 15 is 0 Å². The van der Waals surface area contributed by atoms with E-state index in [4.69, 9.17) is 20.8 Å². The Labute approximate surface area is 135 Å². The summed E-state index contributed by atoms with van der Waals surface area (Å²) in [6.45, 7) is 4.24. The highest BCUT2D eigenvalue weighted by Gasteiger charge is 2.17. The first-order chi connectivity index (χ1) is 10.7. The van der Waals surface area contributed by atoms with Crippen molar-refractivity contribution in [1.82, 2.24) is 15.2 Å². The van der Waals surface area contributed by atoms with Crippen LogP contribution in [-0.2, 0) is 11.3 Å². The van der Waals surface area contributed by atoms with Crippen LogP contribution in [0.15, 0.2) is 34.9 Å². The fraction of sp³-hybridized carbons (Fsp3) is 0.438. The summed E-state index contributed by atoms with van der Waals surface area (Å²) in [5.74, 6) is 0.613. The SMILES string of the molecule is CN1CCO[C@@H](CNCc2coc(-c3ccc(Cl)cc3)n2)C1. The van der Waals surface area contributed by atoms with Crippen molar-refractivity contribution in [3.05, 3.63) is 41.2 Å². The van der Waals surface area contributed by atoms with Crippen LogP contribution in [0, 0.1) is 0 Å². The second-order valence-electron chi connectivity index (χ2n) is 5.54. The van der Waals surface area contributed by atoms with Gasteiger partial charge in [-0.15, -0.1) is 0 Å². The van der Waals surface area contributed by atoms with Crippen molar-refractivity contribution in [2.24, 2.45) is 0 Å². The maximum absolute atomic E-state index is 5.88. The number of aromatic nitrogens is 1. The lowest BCUT2D eigenvalue weighted by Crippen LogP contribution is -2.44. The van der Waals surface area contributed by atoms with Crippen molar-refractivity contribution >= 4 is 11.6 Å². The van der Waals surface area contributed by atoms with Crippen LogP contribution in [0.3, 0.4) is 0 Å². The minimum Gasteiger partial charge on any atom is -0.444 e. The molecule has 5 nitrogen and oxygen atoms in total. The van der Waals surface area contributed by atoms with Crippen molar-refractivity contribution in [1.29, 1.82) is 0 Å².